The first-order chi connectivity index (χ1) is 8.88. The zero-order valence-electron chi connectivity index (χ0n) is 10.1. The Morgan fingerprint density at radius 2 is 2.11 bits per heavy atom. The summed E-state index contributed by atoms with van der Waals surface area (Å²) in [6.07, 6.45) is 0. The number of aromatic nitrogens is 1. The third kappa shape index (κ3) is 1.97. The van der Waals surface area contributed by atoms with Gasteiger partial charge in [-0.2, -0.15) is 11.3 Å². The van der Waals surface area contributed by atoms with Crippen molar-refractivity contribution in [3.8, 4) is 17.1 Å². The van der Waals surface area contributed by atoms with Crippen LogP contribution in [0.4, 0.5) is 0 Å². The minimum Gasteiger partial charge on any atom is -0.478 e. The molecule has 2 nitrogen and oxygen atoms in total. The summed E-state index contributed by atoms with van der Waals surface area (Å²) in [4.78, 5) is 4.62. The average Bonchev–Trinajstić information content (AvgIpc) is 2.93. The number of thiophene rings is 1. The number of rotatable bonds is 3. The van der Waals surface area contributed by atoms with Gasteiger partial charge in [0.05, 0.1) is 12.3 Å². The highest BCUT2D eigenvalue weighted by molar-refractivity contribution is 7.08. The highest BCUT2D eigenvalue weighted by Gasteiger charge is 2.08. The summed E-state index contributed by atoms with van der Waals surface area (Å²) in [6.45, 7) is 2.61. The SMILES string of the molecule is CCOc1nc(-c2ccsc2)cc2ccccc12. The second kappa shape index (κ2) is 4.78. The van der Waals surface area contributed by atoms with Gasteiger partial charge in [-0.15, -0.1) is 0 Å². The normalized spacial score (nSPS) is 10.7. The van der Waals surface area contributed by atoms with Crippen molar-refractivity contribution in [2.45, 2.75) is 6.92 Å². The minimum absolute atomic E-state index is 0.629. The fourth-order valence-corrected chi connectivity index (χ4v) is 2.62. The molecule has 0 saturated carbocycles. The smallest absolute Gasteiger partial charge is 0.221 e. The van der Waals surface area contributed by atoms with E-state index in [9.17, 15) is 0 Å². The third-order valence-corrected chi connectivity index (χ3v) is 3.49. The van der Waals surface area contributed by atoms with Crippen LogP contribution in [-0.4, -0.2) is 11.6 Å². The van der Waals surface area contributed by atoms with Crippen LogP contribution in [0.2, 0.25) is 0 Å². The predicted molar refractivity (Wildman–Crippen MR) is 76.2 cm³/mol. The van der Waals surface area contributed by atoms with Crippen molar-refractivity contribution < 1.29 is 4.74 Å². The number of benzene rings is 1. The van der Waals surface area contributed by atoms with Gasteiger partial charge in [-0.3, -0.25) is 0 Å². The molecule has 90 valence electrons. The van der Waals surface area contributed by atoms with E-state index in [4.69, 9.17) is 4.74 Å². The Hall–Kier alpha value is -1.87. The molecular formula is C15H13NOS. The molecule has 18 heavy (non-hydrogen) atoms. The van der Waals surface area contributed by atoms with Gasteiger partial charge in [0.2, 0.25) is 5.88 Å². The van der Waals surface area contributed by atoms with E-state index in [1.54, 1.807) is 11.3 Å². The lowest BCUT2D eigenvalue weighted by molar-refractivity contribution is 0.332. The summed E-state index contributed by atoms with van der Waals surface area (Å²) in [7, 11) is 0. The summed E-state index contributed by atoms with van der Waals surface area (Å²) in [5.41, 5.74) is 2.12. The van der Waals surface area contributed by atoms with E-state index >= 15 is 0 Å². The molecule has 0 aliphatic heterocycles. The standard InChI is InChI=1S/C15H13NOS/c1-2-17-15-13-6-4-3-5-11(13)9-14(16-15)12-7-8-18-10-12/h3-10H,2H2,1H3. The van der Waals surface area contributed by atoms with Gasteiger partial charge in [0.1, 0.15) is 0 Å². The Morgan fingerprint density at radius 1 is 1.22 bits per heavy atom. The van der Waals surface area contributed by atoms with E-state index in [0.717, 1.165) is 27.9 Å². The Bertz CT molecular complexity index is 661. The van der Waals surface area contributed by atoms with Crippen LogP contribution in [0.25, 0.3) is 22.0 Å². The highest BCUT2D eigenvalue weighted by atomic mass is 32.1. The number of hydrogen-bond donors (Lipinski definition) is 0. The van der Waals surface area contributed by atoms with Crippen LogP contribution >= 0.6 is 11.3 Å². The van der Waals surface area contributed by atoms with E-state index < -0.39 is 0 Å². The first kappa shape index (κ1) is 11.2. The van der Waals surface area contributed by atoms with Crippen molar-refractivity contribution in [3.63, 3.8) is 0 Å². The van der Waals surface area contributed by atoms with Crippen LogP contribution in [0.3, 0.4) is 0 Å². The number of nitrogens with zero attached hydrogens (tertiary/aromatic N) is 1. The maximum atomic E-state index is 5.65. The number of hydrogen-bond acceptors (Lipinski definition) is 3. The van der Waals surface area contributed by atoms with Gasteiger partial charge in [0.25, 0.3) is 0 Å². The van der Waals surface area contributed by atoms with Gasteiger partial charge < -0.3 is 4.74 Å². The maximum absolute atomic E-state index is 5.65. The van der Waals surface area contributed by atoms with Crippen LogP contribution in [0, 0.1) is 0 Å². The Balaban J connectivity index is 2.23. The molecule has 0 spiro atoms. The van der Waals surface area contributed by atoms with E-state index in [0.29, 0.717) is 6.61 Å². The van der Waals surface area contributed by atoms with Crippen molar-refractivity contribution in [2.75, 3.05) is 6.61 Å². The minimum atomic E-state index is 0.629. The number of ether oxygens (including phenoxy) is 1. The molecule has 2 aromatic heterocycles. The highest BCUT2D eigenvalue weighted by Crippen LogP contribution is 2.29. The van der Waals surface area contributed by atoms with Crippen LogP contribution in [0.5, 0.6) is 5.88 Å². The maximum Gasteiger partial charge on any atom is 0.221 e. The Kier molecular flexibility index (Phi) is 2.99. The molecule has 0 aliphatic rings. The van der Waals surface area contributed by atoms with E-state index in [2.05, 4.69) is 33.9 Å². The number of pyridine rings is 1. The first-order valence-electron chi connectivity index (χ1n) is 5.93. The average molecular weight is 255 g/mol. The second-order valence-electron chi connectivity index (χ2n) is 3.98. The lowest BCUT2D eigenvalue weighted by Gasteiger charge is -2.08. The van der Waals surface area contributed by atoms with Gasteiger partial charge >= 0.3 is 0 Å². The van der Waals surface area contributed by atoms with Crippen LogP contribution in [-0.2, 0) is 0 Å². The predicted octanol–water partition coefficient (Wildman–Crippen LogP) is 4.36. The molecule has 3 aromatic rings. The van der Waals surface area contributed by atoms with E-state index in [-0.39, 0.29) is 0 Å². The van der Waals surface area contributed by atoms with Crippen LogP contribution in [0.15, 0.2) is 47.2 Å². The van der Waals surface area contributed by atoms with Gasteiger partial charge in [-0.25, -0.2) is 4.98 Å². The van der Waals surface area contributed by atoms with Gasteiger partial charge in [0.15, 0.2) is 0 Å². The first-order valence-corrected chi connectivity index (χ1v) is 6.88. The molecule has 0 aliphatic carbocycles. The zero-order valence-corrected chi connectivity index (χ0v) is 10.9. The topological polar surface area (TPSA) is 22.1 Å². The summed E-state index contributed by atoms with van der Waals surface area (Å²) < 4.78 is 5.65. The third-order valence-electron chi connectivity index (χ3n) is 2.80. The number of fused-ring (bicyclic) bond motifs is 1. The molecule has 3 heteroatoms. The van der Waals surface area contributed by atoms with Crippen molar-refractivity contribution in [2.24, 2.45) is 0 Å². The molecular weight excluding hydrogens is 242 g/mol. The summed E-state index contributed by atoms with van der Waals surface area (Å²) in [6, 6.07) is 12.4. The largest absolute Gasteiger partial charge is 0.478 e. The molecule has 1 aromatic carbocycles. The Labute approximate surface area is 110 Å². The fourth-order valence-electron chi connectivity index (χ4n) is 1.97. The fraction of sp³-hybridized carbons (Fsp3) is 0.133. The summed E-state index contributed by atoms with van der Waals surface area (Å²) in [5, 5.41) is 6.40. The molecule has 0 atom stereocenters. The van der Waals surface area contributed by atoms with E-state index in [1.807, 2.05) is 25.1 Å². The lowest BCUT2D eigenvalue weighted by Crippen LogP contribution is -1.96. The van der Waals surface area contributed by atoms with Crippen LogP contribution < -0.4 is 4.74 Å². The lowest BCUT2D eigenvalue weighted by atomic mass is 10.1. The zero-order chi connectivity index (χ0) is 12.4. The summed E-state index contributed by atoms with van der Waals surface area (Å²) >= 11 is 1.68. The Morgan fingerprint density at radius 3 is 2.89 bits per heavy atom. The van der Waals surface area contributed by atoms with Gasteiger partial charge in [-0.1, -0.05) is 18.2 Å². The molecule has 0 radical (unpaired) electrons. The molecule has 0 N–H and O–H groups in total. The molecule has 2 heterocycles. The van der Waals surface area contributed by atoms with Gasteiger partial charge in [0, 0.05) is 16.3 Å². The molecule has 0 fully saturated rings. The van der Waals surface area contributed by atoms with Crippen molar-refractivity contribution in [3.05, 3.63) is 47.2 Å². The molecule has 0 bridgehead atoms. The molecule has 0 saturated heterocycles. The van der Waals surface area contributed by atoms with Crippen molar-refractivity contribution in [1.82, 2.24) is 4.98 Å². The molecule has 3 rings (SSSR count). The van der Waals surface area contributed by atoms with Gasteiger partial charge in [-0.05, 0) is 35.9 Å². The van der Waals surface area contributed by atoms with Crippen LogP contribution in [0.1, 0.15) is 6.92 Å². The molecule has 0 unspecified atom stereocenters. The monoisotopic (exact) mass is 255 g/mol. The summed E-state index contributed by atoms with van der Waals surface area (Å²) in [5.74, 6) is 0.719. The van der Waals surface area contributed by atoms with Crippen molar-refractivity contribution >= 4 is 22.1 Å². The van der Waals surface area contributed by atoms with Crippen molar-refractivity contribution in [1.29, 1.82) is 0 Å². The quantitative estimate of drug-likeness (QED) is 0.693. The molecule has 0 amide bonds. The van der Waals surface area contributed by atoms with E-state index in [1.165, 1.54) is 0 Å². The second-order valence-corrected chi connectivity index (χ2v) is 4.76.